The highest BCUT2D eigenvalue weighted by molar-refractivity contribution is 7.90. The van der Waals surface area contributed by atoms with Gasteiger partial charge in [-0.15, -0.1) is 0 Å². The molecule has 0 bridgehead atoms. The van der Waals surface area contributed by atoms with Crippen LogP contribution in [0.25, 0.3) is 0 Å². The first-order valence-corrected chi connectivity index (χ1v) is 7.93. The number of nitrogens with one attached hydrogen (secondary N) is 1. The first-order chi connectivity index (χ1) is 7.68. The van der Waals surface area contributed by atoms with Gasteiger partial charge < -0.3 is 11.1 Å². The molecule has 1 aliphatic rings. The van der Waals surface area contributed by atoms with Gasteiger partial charge in [-0.1, -0.05) is 6.92 Å². The van der Waals surface area contributed by atoms with Crippen LogP contribution in [0.3, 0.4) is 0 Å². The summed E-state index contributed by atoms with van der Waals surface area (Å²) < 4.78 is 22.2. The zero-order chi connectivity index (χ0) is 13.3. The third-order valence-electron chi connectivity index (χ3n) is 3.28. The molecule has 1 aliphatic carbocycles. The van der Waals surface area contributed by atoms with E-state index in [1.807, 2.05) is 0 Å². The zero-order valence-corrected chi connectivity index (χ0v) is 11.5. The molecule has 17 heavy (non-hydrogen) atoms. The van der Waals surface area contributed by atoms with E-state index in [1.54, 1.807) is 6.92 Å². The lowest BCUT2D eigenvalue weighted by Crippen LogP contribution is -2.55. The SMILES string of the molecule is CC1CC(CN)(C(=O)NC(C)CS(C)(=O)=O)C1. The van der Waals surface area contributed by atoms with E-state index in [-0.39, 0.29) is 17.7 Å². The van der Waals surface area contributed by atoms with Crippen molar-refractivity contribution in [3.05, 3.63) is 0 Å². The first kappa shape index (κ1) is 14.4. The molecule has 0 aliphatic heterocycles. The molecule has 0 saturated heterocycles. The summed E-state index contributed by atoms with van der Waals surface area (Å²) in [7, 11) is -3.07. The highest BCUT2D eigenvalue weighted by Crippen LogP contribution is 2.44. The predicted octanol–water partition coefficient (Wildman–Crippen LogP) is -0.0893. The highest BCUT2D eigenvalue weighted by atomic mass is 32.2. The summed E-state index contributed by atoms with van der Waals surface area (Å²) >= 11 is 0. The normalized spacial score (nSPS) is 30.5. The summed E-state index contributed by atoms with van der Waals surface area (Å²) in [5, 5.41) is 2.75. The molecule has 0 radical (unpaired) electrons. The predicted molar refractivity (Wildman–Crippen MR) is 67.2 cm³/mol. The van der Waals surface area contributed by atoms with Gasteiger partial charge in [0.05, 0.1) is 11.2 Å². The van der Waals surface area contributed by atoms with E-state index < -0.39 is 15.3 Å². The molecule has 0 aromatic rings. The van der Waals surface area contributed by atoms with E-state index in [1.165, 1.54) is 6.26 Å². The van der Waals surface area contributed by atoms with Crippen molar-refractivity contribution < 1.29 is 13.2 Å². The van der Waals surface area contributed by atoms with Crippen molar-refractivity contribution in [2.75, 3.05) is 18.6 Å². The van der Waals surface area contributed by atoms with Crippen molar-refractivity contribution >= 4 is 15.7 Å². The van der Waals surface area contributed by atoms with Crippen molar-refractivity contribution in [3.8, 4) is 0 Å². The van der Waals surface area contributed by atoms with Gasteiger partial charge in [-0.2, -0.15) is 0 Å². The molecular formula is C11H22N2O3S. The minimum absolute atomic E-state index is 0.0328. The molecule has 1 amide bonds. The fourth-order valence-electron chi connectivity index (χ4n) is 2.59. The largest absolute Gasteiger partial charge is 0.352 e. The van der Waals surface area contributed by atoms with Gasteiger partial charge in [0.15, 0.2) is 0 Å². The third kappa shape index (κ3) is 3.67. The maximum absolute atomic E-state index is 12.0. The molecule has 0 spiro atoms. The average molecular weight is 262 g/mol. The maximum atomic E-state index is 12.0. The number of rotatable bonds is 5. The maximum Gasteiger partial charge on any atom is 0.227 e. The van der Waals surface area contributed by atoms with E-state index in [0.717, 1.165) is 12.8 Å². The van der Waals surface area contributed by atoms with E-state index in [9.17, 15) is 13.2 Å². The smallest absolute Gasteiger partial charge is 0.227 e. The molecule has 3 N–H and O–H groups in total. The quantitative estimate of drug-likeness (QED) is 0.724. The average Bonchev–Trinajstić information content (AvgIpc) is 2.08. The van der Waals surface area contributed by atoms with Crippen molar-refractivity contribution in [1.29, 1.82) is 0 Å². The van der Waals surface area contributed by atoms with Gasteiger partial charge in [-0.05, 0) is 25.7 Å². The summed E-state index contributed by atoms with van der Waals surface area (Å²) in [6.45, 7) is 4.11. The van der Waals surface area contributed by atoms with Crippen molar-refractivity contribution in [3.63, 3.8) is 0 Å². The summed E-state index contributed by atoms with van der Waals surface area (Å²) in [5.41, 5.74) is 5.19. The number of carbonyl (C=O) groups is 1. The van der Waals surface area contributed by atoms with Crippen LogP contribution in [0.15, 0.2) is 0 Å². The number of nitrogens with two attached hydrogens (primary N) is 1. The lowest BCUT2D eigenvalue weighted by atomic mass is 9.62. The van der Waals surface area contributed by atoms with Crippen LogP contribution in [0, 0.1) is 11.3 Å². The van der Waals surface area contributed by atoms with Crippen LogP contribution >= 0.6 is 0 Å². The Balaban J connectivity index is 2.54. The summed E-state index contributed by atoms with van der Waals surface area (Å²) in [4.78, 5) is 12.0. The monoisotopic (exact) mass is 262 g/mol. The summed E-state index contributed by atoms with van der Waals surface area (Å²) in [6, 6.07) is -0.364. The molecular weight excluding hydrogens is 240 g/mol. The fourth-order valence-corrected chi connectivity index (χ4v) is 3.58. The van der Waals surface area contributed by atoms with Gasteiger partial charge >= 0.3 is 0 Å². The van der Waals surface area contributed by atoms with Gasteiger partial charge in [0.2, 0.25) is 5.91 Å². The lowest BCUT2D eigenvalue weighted by Gasteiger charge is -2.44. The van der Waals surface area contributed by atoms with Crippen LogP contribution in [0.5, 0.6) is 0 Å². The van der Waals surface area contributed by atoms with E-state index >= 15 is 0 Å². The van der Waals surface area contributed by atoms with Crippen LogP contribution in [0.4, 0.5) is 0 Å². The van der Waals surface area contributed by atoms with Crippen LogP contribution in [0.2, 0.25) is 0 Å². The molecule has 5 nitrogen and oxygen atoms in total. The fraction of sp³-hybridized carbons (Fsp3) is 0.909. The Hall–Kier alpha value is -0.620. The number of amides is 1. The molecule has 0 heterocycles. The summed E-state index contributed by atoms with van der Waals surface area (Å²) in [5.74, 6) is 0.387. The molecule has 1 unspecified atom stereocenters. The standard InChI is InChI=1S/C11H22N2O3S/c1-8-4-11(5-8,7-12)10(14)13-9(2)6-17(3,15)16/h8-9H,4-7,12H2,1-3H3,(H,13,14). The van der Waals surface area contributed by atoms with Gasteiger partial charge in [0.25, 0.3) is 0 Å². The Kier molecular flexibility index (Phi) is 4.19. The Morgan fingerprint density at radius 2 is 2.06 bits per heavy atom. The highest BCUT2D eigenvalue weighted by Gasteiger charge is 2.47. The summed E-state index contributed by atoms with van der Waals surface area (Å²) in [6.07, 6.45) is 2.75. The molecule has 100 valence electrons. The van der Waals surface area contributed by atoms with Gasteiger partial charge in [-0.3, -0.25) is 4.79 Å². The molecule has 1 saturated carbocycles. The molecule has 0 aromatic carbocycles. The van der Waals surface area contributed by atoms with Gasteiger partial charge in [0.1, 0.15) is 9.84 Å². The zero-order valence-electron chi connectivity index (χ0n) is 10.7. The van der Waals surface area contributed by atoms with Gasteiger partial charge in [-0.25, -0.2) is 8.42 Å². The second-order valence-electron chi connectivity index (χ2n) is 5.46. The molecule has 1 atom stereocenters. The van der Waals surface area contributed by atoms with E-state index in [0.29, 0.717) is 12.5 Å². The second-order valence-corrected chi connectivity index (χ2v) is 7.65. The van der Waals surface area contributed by atoms with Crippen molar-refractivity contribution in [2.24, 2.45) is 17.1 Å². The van der Waals surface area contributed by atoms with Gasteiger partial charge in [0, 0.05) is 18.8 Å². The van der Waals surface area contributed by atoms with Crippen LogP contribution in [-0.2, 0) is 14.6 Å². The number of hydrogen-bond donors (Lipinski definition) is 2. The molecule has 0 aromatic heterocycles. The van der Waals surface area contributed by atoms with E-state index in [4.69, 9.17) is 5.73 Å². The number of sulfone groups is 1. The van der Waals surface area contributed by atoms with Crippen LogP contribution in [-0.4, -0.2) is 38.9 Å². The first-order valence-electron chi connectivity index (χ1n) is 5.87. The number of hydrogen-bond acceptors (Lipinski definition) is 4. The van der Waals surface area contributed by atoms with Crippen molar-refractivity contribution in [1.82, 2.24) is 5.32 Å². The van der Waals surface area contributed by atoms with Crippen molar-refractivity contribution in [2.45, 2.75) is 32.7 Å². The Bertz CT molecular complexity index is 386. The second kappa shape index (κ2) is 4.94. The molecule has 1 fully saturated rings. The topological polar surface area (TPSA) is 89.3 Å². The minimum atomic E-state index is -3.07. The molecule has 6 heteroatoms. The Morgan fingerprint density at radius 3 is 2.41 bits per heavy atom. The molecule has 1 rings (SSSR count). The lowest BCUT2D eigenvalue weighted by molar-refractivity contribution is -0.138. The minimum Gasteiger partial charge on any atom is -0.352 e. The Labute approximate surface area is 103 Å². The van der Waals surface area contributed by atoms with Crippen LogP contribution < -0.4 is 11.1 Å². The Morgan fingerprint density at radius 1 is 1.53 bits per heavy atom. The third-order valence-corrected chi connectivity index (χ3v) is 4.39. The van der Waals surface area contributed by atoms with E-state index in [2.05, 4.69) is 12.2 Å². The number of carbonyl (C=O) groups excluding carboxylic acids is 1. The van der Waals surface area contributed by atoms with Crippen LogP contribution in [0.1, 0.15) is 26.7 Å².